The Morgan fingerprint density at radius 3 is 2.47 bits per heavy atom. The zero-order chi connectivity index (χ0) is 24.1. The third-order valence-corrected chi connectivity index (χ3v) is 4.86. The molecule has 9 nitrogen and oxygen atoms in total. The zero-order valence-electron chi connectivity index (χ0n) is 17.7. The maximum absolute atomic E-state index is 13.1. The molecule has 0 aliphatic carbocycles. The van der Waals surface area contributed by atoms with Gasteiger partial charge in [-0.15, -0.1) is 0 Å². The molecule has 2 aromatic heterocycles. The fourth-order valence-electron chi connectivity index (χ4n) is 3.15. The lowest BCUT2D eigenvalue weighted by atomic mass is 10.2. The number of anilines is 1. The van der Waals surface area contributed by atoms with Crippen molar-refractivity contribution in [1.82, 2.24) is 14.7 Å². The molecule has 0 aliphatic heterocycles. The van der Waals surface area contributed by atoms with Gasteiger partial charge in [-0.2, -0.15) is 0 Å². The fraction of sp³-hybridized carbons (Fsp3) is 0.0833. The van der Waals surface area contributed by atoms with Gasteiger partial charge in [-0.05, 0) is 35.4 Å². The quantitative estimate of drug-likeness (QED) is 0.405. The van der Waals surface area contributed by atoms with E-state index in [-0.39, 0.29) is 24.5 Å². The highest BCUT2D eigenvalue weighted by Crippen LogP contribution is 2.18. The smallest absolute Gasteiger partial charge is 0.412 e. The first kappa shape index (κ1) is 22.5. The van der Waals surface area contributed by atoms with E-state index in [9.17, 15) is 23.9 Å². The number of amides is 2. The Balaban J connectivity index is 1.55. The van der Waals surface area contributed by atoms with Gasteiger partial charge in [-0.3, -0.25) is 19.3 Å². The van der Waals surface area contributed by atoms with Crippen LogP contribution in [0.5, 0.6) is 5.75 Å². The van der Waals surface area contributed by atoms with Crippen molar-refractivity contribution in [1.29, 1.82) is 0 Å². The van der Waals surface area contributed by atoms with E-state index in [2.05, 4.69) is 15.6 Å². The molecule has 4 rings (SSSR count). The Morgan fingerprint density at radius 2 is 1.74 bits per heavy atom. The number of aromatic nitrogens is 2. The van der Waals surface area contributed by atoms with Gasteiger partial charge in [0.2, 0.25) is 5.75 Å². The van der Waals surface area contributed by atoms with Crippen LogP contribution in [0.4, 0.5) is 14.9 Å². The van der Waals surface area contributed by atoms with Crippen LogP contribution in [-0.2, 0) is 17.9 Å². The number of nitrogens with one attached hydrogen (secondary N) is 2. The number of benzene rings is 2. The summed E-state index contributed by atoms with van der Waals surface area (Å²) in [5.74, 6) is -2.08. The summed E-state index contributed by atoms with van der Waals surface area (Å²) < 4.78 is 19.2. The average molecular weight is 462 g/mol. The van der Waals surface area contributed by atoms with Crippen molar-refractivity contribution in [3.8, 4) is 5.75 Å². The summed E-state index contributed by atoms with van der Waals surface area (Å²) in [5.41, 5.74) is 0.0293. The highest BCUT2D eigenvalue weighted by Gasteiger charge is 2.20. The largest absolute Gasteiger partial charge is 0.501 e. The maximum Gasteiger partial charge on any atom is 0.412 e. The summed E-state index contributed by atoms with van der Waals surface area (Å²) in [7, 11) is 0. The van der Waals surface area contributed by atoms with Gasteiger partial charge < -0.3 is 15.2 Å². The molecule has 10 heteroatoms. The van der Waals surface area contributed by atoms with E-state index in [1.54, 1.807) is 12.1 Å². The number of hydrogen-bond donors (Lipinski definition) is 3. The Kier molecular flexibility index (Phi) is 6.49. The van der Waals surface area contributed by atoms with Crippen LogP contribution >= 0.6 is 0 Å². The second kappa shape index (κ2) is 9.82. The maximum atomic E-state index is 13.1. The minimum Gasteiger partial charge on any atom is -0.501 e. The van der Waals surface area contributed by atoms with E-state index in [1.807, 2.05) is 18.2 Å². The van der Waals surface area contributed by atoms with Crippen LogP contribution < -0.4 is 16.2 Å². The van der Waals surface area contributed by atoms with Crippen molar-refractivity contribution >= 4 is 23.3 Å². The molecule has 0 spiro atoms. The zero-order valence-corrected chi connectivity index (χ0v) is 17.7. The van der Waals surface area contributed by atoms with Gasteiger partial charge in [0, 0.05) is 12.7 Å². The summed E-state index contributed by atoms with van der Waals surface area (Å²) in [6, 6.07) is 17.5. The Labute approximate surface area is 192 Å². The van der Waals surface area contributed by atoms with Gasteiger partial charge in [0.15, 0.2) is 11.3 Å². The van der Waals surface area contributed by atoms with E-state index >= 15 is 0 Å². The molecule has 4 aromatic rings. The van der Waals surface area contributed by atoms with E-state index < -0.39 is 34.8 Å². The number of halogens is 1. The molecule has 34 heavy (non-hydrogen) atoms. The number of hydrogen-bond acceptors (Lipinski definition) is 6. The third-order valence-electron chi connectivity index (χ3n) is 4.86. The topological polar surface area (TPSA) is 122 Å². The number of rotatable bonds is 6. The minimum atomic E-state index is -0.891. The number of carbonyl (C=O) groups excluding carboxylic acids is 2. The Morgan fingerprint density at radius 1 is 1.00 bits per heavy atom. The van der Waals surface area contributed by atoms with Crippen molar-refractivity contribution in [2.24, 2.45) is 0 Å². The first-order valence-electron chi connectivity index (χ1n) is 10.2. The molecule has 2 amide bonds. The third kappa shape index (κ3) is 5.01. The van der Waals surface area contributed by atoms with Crippen molar-refractivity contribution in [3.05, 3.63) is 106 Å². The van der Waals surface area contributed by atoms with E-state index in [0.717, 1.165) is 9.96 Å². The standard InChI is InChI=1S/C24H19FN4O5/c25-17-10-8-15(9-11-17)13-26-22(31)19-20(30)23(32)29-12-4-7-18(21(29)28-19)27-24(33)34-14-16-5-2-1-3-6-16/h1-12,30H,13-14H2,(H,26,31)(H,27,33). The molecule has 3 N–H and O–H groups in total. The molecule has 0 unspecified atom stereocenters. The van der Waals surface area contributed by atoms with Crippen LogP contribution in [0.3, 0.4) is 0 Å². The highest BCUT2D eigenvalue weighted by atomic mass is 19.1. The van der Waals surface area contributed by atoms with Gasteiger partial charge in [0.25, 0.3) is 5.91 Å². The van der Waals surface area contributed by atoms with Gasteiger partial charge >= 0.3 is 11.7 Å². The first-order valence-corrected chi connectivity index (χ1v) is 10.2. The van der Waals surface area contributed by atoms with Gasteiger partial charge in [-0.25, -0.2) is 14.2 Å². The summed E-state index contributed by atoms with van der Waals surface area (Å²) in [6.45, 7) is 0.0496. The number of fused-ring (bicyclic) bond motifs is 1. The van der Waals surface area contributed by atoms with Crippen LogP contribution in [0.2, 0.25) is 0 Å². The summed E-state index contributed by atoms with van der Waals surface area (Å²) in [5, 5.41) is 15.3. The van der Waals surface area contributed by atoms with Gasteiger partial charge in [0.05, 0.1) is 5.69 Å². The number of aromatic hydroxyl groups is 1. The van der Waals surface area contributed by atoms with Crippen molar-refractivity contribution in [3.63, 3.8) is 0 Å². The molecular weight excluding hydrogens is 443 g/mol. The van der Waals surface area contributed by atoms with E-state index in [4.69, 9.17) is 4.74 Å². The highest BCUT2D eigenvalue weighted by molar-refractivity contribution is 5.96. The number of ether oxygens (including phenoxy) is 1. The number of carbonyl (C=O) groups is 2. The Hall–Kier alpha value is -4.73. The van der Waals surface area contributed by atoms with E-state index in [0.29, 0.717) is 5.56 Å². The summed E-state index contributed by atoms with van der Waals surface area (Å²) in [6.07, 6.45) is 0.548. The lowest BCUT2D eigenvalue weighted by Crippen LogP contribution is -2.28. The molecule has 2 heterocycles. The average Bonchev–Trinajstić information content (AvgIpc) is 2.85. The predicted octanol–water partition coefficient (Wildman–Crippen LogP) is 3.22. The molecule has 2 aromatic carbocycles. The molecule has 0 saturated heterocycles. The predicted molar refractivity (Wildman–Crippen MR) is 121 cm³/mol. The summed E-state index contributed by atoms with van der Waals surface area (Å²) >= 11 is 0. The van der Waals surface area contributed by atoms with Crippen molar-refractivity contribution < 1.29 is 23.8 Å². The molecular formula is C24H19FN4O5. The molecule has 0 atom stereocenters. The SMILES string of the molecule is O=C(Nc1cccn2c(=O)c(O)c(C(=O)NCc3ccc(F)cc3)nc12)OCc1ccccc1. The van der Waals surface area contributed by atoms with Crippen molar-refractivity contribution in [2.45, 2.75) is 13.2 Å². The van der Waals surface area contributed by atoms with Crippen LogP contribution in [0.25, 0.3) is 5.65 Å². The lowest BCUT2D eigenvalue weighted by Gasteiger charge is -2.12. The van der Waals surface area contributed by atoms with Gasteiger partial charge in [0.1, 0.15) is 12.4 Å². The number of nitrogens with zero attached hydrogens (tertiary/aromatic N) is 2. The van der Waals surface area contributed by atoms with Crippen molar-refractivity contribution in [2.75, 3.05) is 5.32 Å². The molecule has 0 fully saturated rings. The summed E-state index contributed by atoms with van der Waals surface area (Å²) in [4.78, 5) is 41.6. The van der Waals surface area contributed by atoms with Gasteiger partial charge in [-0.1, -0.05) is 42.5 Å². The molecule has 0 aliphatic rings. The first-order chi connectivity index (χ1) is 16.4. The van der Waals surface area contributed by atoms with Crippen LogP contribution in [0.15, 0.2) is 77.7 Å². The second-order valence-corrected chi connectivity index (χ2v) is 7.23. The van der Waals surface area contributed by atoms with Crippen LogP contribution in [-0.4, -0.2) is 26.5 Å². The molecule has 0 radical (unpaired) electrons. The minimum absolute atomic E-state index is 0.0192. The monoisotopic (exact) mass is 462 g/mol. The van der Waals surface area contributed by atoms with Crippen LogP contribution in [0, 0.1) is 5.82 Å². The lowest BCUT2D eigenvalue weighted by molar-refractivity contribution is 0.0942. The fourth-order valence-corrected chi connectivity index (χ4v) is 3.15. The second-order valence-electron chi connectivity index (χ2n) is 7.23. The van der Waals surface area contributed by atoms with E-state index in [1.165, 1.54) is 42.6 Å². The number of pyridine rings is 1. The van der Waals surface area contributed by atoms with Crippen LogP contribution in [0.1, 0.15) is 21.6 Å². The normalized spacial score (nSPS) is 10.6. The molecule has 172 valence electrons. The molecule has 0 saturated carbocycles. The Bertz CT molecular complexity index is 1410. The molecule has 0 bridgehead atoms.